The molecule has 0 aliphatic carbocycles. The first-order valence-electron chi connectivity index (χ1n) is 10.7. The summed E-state index contributed by atoms with van der Waals surface area (Å²) in [6.45, 7) is 22.9. The highest BCUT2D eigenvalue weighted by atomic mass is 16.7. The molecule has 6 heteroatoms. The van der Waals surface area contributed by atoms with Crippen molar-refractivity contribution in [3.05, 3.63) is 0 Å². The second kappa shape index (κ2) is 10.7. The fraction of sp³-hybridized carbons (Fsp3) is 1.00. The van der Waals surface area contributed by atoms with E-state index in [1.54, 1.807) is 0 Å². The third-order valence-corrected chi connectivity index (χ3v) is 5.28. The van der Waals surface area contributed by atoms with E-state index in [1.165, 1.54) is 0 Å². The normalized spacial score (nSPS) is 31.0. The predicted octanol–water partition coefficient (Wildman–Crippen LogP) is 4.27. The van der Waals surface area contributed by atoms with Gasteiger partial charge in [0.1, 0.15) is 6.23 Å². The standard InChI is InChI=1S/C9H18O2.C7H15NO.C6H12O2/c1-5-9(4)6-10-8(2,3)11-7-9;1-6(2)7-8(3)4-5-9-7;1-5-4-7-6(2,3)8-5/h5-7H2,1-4H3;6-7H,4-5H2,1-3H3;5H,4H2,1-3H3/t;;5-/m..1/s1. The molecule has 2 atom stereocenters. The molecular formula is C22H45NO5. The van der Waals surface area contributed by atoms with Crippen LogP contribution in [0.4, 0.5) is 0 Å². The third-order valence-electron chi connectivity index (χ3n) is 5.28. The van der Waals surface area contributed by atoms with Gasteiger partial charge in [-0.05, 0) is 54.0 Å². The van der Waals surface area contributed by atoms with Crippen LogP contribution in [-0.4, -0.2) is 68.8 Å². The third kappa shape index (κ3) is 9.06. The zero-order chi connectivity index (χ0) is 21.6. The van der Waals surface area contributed by atoms with Crippen LogP contribution in [0.1, 0.15) is 68.7 Å². The second-order valence-corrected chi connectivity index (χ2v) is 9.77. The monoisotopic (exact) mass is 403 g/mol. The van der Waals surface area contributed by atoms with Crippen molar-refractivity contribution >= 4 is 0 Å². The van der Waals surface area contributed by atoms with Crippen LogP contribution < -0.4 is 0 Å². The Balaban J connectivity index is 0.000000213. The van der Waals surface area contributed by atoms with Crippen LogP contribution in [0, 0.1) is 11.3 Å². The van der Waals surface area contributed by atoms with Crippen molar-refractivity contribution in [1.29, 1.82) is 0 Å². The van der Waals surface area contributed by atoms with Gasteiger partial charge in [-0.1, -0.05) is 27.7 Å². The number of hydrogen-bond acceptors (Lipinski definition) is 6. The zero-order valence-electron chi connectivity index (χ0n) is 20.0. The fourth-order valence-electron chi connectivity index (χ4n) is 3.13. The molecule has 0 saturated carbocycles. The molecule has 0 bridgehead atoms. The molecule has 0 aromatic carbocycles. The number of nitrogens with zero attached hydrogens (tertiary/aromatic N) is 1. The van der Waals surface area contributed by atoms with Gasteiger partial charge in [0.25, 0.3) is 0 Å². The van der Waals surface area contributed by atoms with Gasteiger partial charge in [0, 0.05) is 12.0 Å². The Hall–Kier alpha value is -0.240. The summed E-state index contributed by atoms with van der Waals surface area (Å²) in [6, 6.07) is 0. The Bertz CT molecular complexity index is 442. The van der Waals surface area contributed by atoms with Crippen molar-refractivity contribution in [2.75, 3.05) is 40.0 Å². The Morgan fingerprint density at radius 1 is 0.964 bits per heavy atom. The van der Waals surface area contributed by atoms with Crippen LogP contribution in [0.2, 0.25) is 0 Å². The molecule has 3 aliphatic heterocycles. The van der Waals surface area contributed by atoms with Gasteiger partial charge in [-0.2, -0.15) is 0 Å². The minimum Gasteiger partial charge on any atom is -0.362 e. The summed E-state index contributed by atoms with van der Waals surface area (Å²) in [5.41, 5.74) is 0.232. The van der Waals surface area contributed by atoms with E-state index >= 15 is 0 Å². The second-order valence-electron chi connectivity index (χ2n) is 9.77. The minimum atomic E-state index is -0.366. The molecule has 168 valence electrons. The van der Waals surface area contributed by atoms with Gasteiger partial charge in [0.15, 0.2) is 11.6 Å². The van der Waals surface area contributed by atoms with Crippen molar-refractivity contribution in [1.82, 2.24) is 4.90 Å². The minimum absolute atomic E-state index is 0.232. The first-order chi connectivity index (χ1) is 12.8. The molecule has 0 aromatic heterocycles. The number of hydrogen-bond donors (Lipinski definition) is 0. The number of likely N-dealkylation sites (N-methyl/N-ethyl adjacent to an activating group) is 1. The van der Waals surface area contributed by atoms with Gasteiger partial charge in [-0.15, -0.1) is 0 Å². The van der Waals surface area contributed by atoms with E-state index in [0.29, 0.717) is 12.1 Å². The van der Waals surface area contributed by atoms with E-state index < -0.39 is 0 Å². The summed E-state index contributed by atoms with van der Waals surface area (Å²) in [5.74, 6) is -0.0776. The predicted molar refractivity (Wildman–Crippen MR) is 112 cm³/mol. The summed E-state index contributed by atoms with van der Waals surface area (Å²) in [4.78, 5) is 2.25. The average Bonchev–Trinajstić information content (AvgIpc) is 3.16. The maximum atomic E-state index is 5.55. The first kappa shape index (κ1) is 25.8. The molecule has 3 heterocycles. The van der Waals surface area contributed by atoms with Gasteiger partial charge < -0.3 is 23.7 Å². The lowest BCUT2D eigenvalue weighted by Gasteiger charge is -2.40. The SMILES string of the molecule is CC(C)C1OCCN1C.CCC1(C)COC(C)(C)OC1.C[C@@H]1COC(C)(C)O1. The van der Waals surface area contributed by atoms with E-state index in [-0.39, 0.29) is 23.1 Å². The Labute approximate surface area is 173 Å². The smallest absolute Gasteiger partial charge is 0.163 e. The van der Waals surface area contributed by atoms with Crippen LogP contribution in [0.15, 0.2) is 0 Å². The largest absolute Gasteiger partial charge is 0.362 e. The van der Waals surface area contributed by atoms with Crippen LogP contribution in [0.3, 0.4) is 0 Å². The quantitative estimate of drug-likeness (QED) is 0.686. The van der Waals surface area contributed by atoms with E-state index in [9.17, 15) is 0 Å². The van der Waals surface area contributed by atoms with Gasteiger partial charge in [-0.3, -0.25) is 4.90 Å². The van der Waals surface area contributed by atoms with E-state index in [2.05, 4.69) is 39.6 Å². The summed E-state index contributed by atoms with van der Waals surface area (Å²) in [7, 11) is 2.11. The summed E-state index contributed by atoms with van der Waals surface area (Å²) < 4.78 is 27.1. The van der Waals surface area contributed by atoms with Crippen molar-refractivity contribution in [3.8, 4) is 0 Å². The molecule has 0 aromatic rings. The molecule has 3 fully saturated rings. The van der Waals surface area contributed by atoms with Crippen molar-refractivity contribution in [2.45, 2.75) is 92.6 Å². The summed E-state index contributed by atoms with van der Waals surface area (Å²) in [5, 5.41) is 0. The van der Waals surface area contributed by atoms with E-state index in [1.807, 2.05) is 34.6 Å². The summed E-state index contributed by atoms with van der Waals surface area (Å²) in [6.07, 6.45) is 1.75. The van der Waals surface area contributed by atoms with Crippen LogP contribution in [0.5, 0.6) is 0 Å². The van der Waals surface area contributed by atoms with E-state index in [4.69, 9.17) is 23.7 Å². The molecule has 1 unspecified atom stereocenters. The molecule has 0 spiro atoms. The van der Waals surface area contributed by atoms with Crippen molar-refractivity contribution < 1.29 is 23.7 Å². The van der Waals surface area contributed by atoms with Crippen LogP contribution >= 0.6 is 0 Å². The molecule has 3 rings (SSSR count). The molecular weight excluding hydrogens is 358 g/mol. The Morgan fingerprint density at radius 3 is 1.79 bits per heavy atom. The lowest BCUT2D eigenvalue weighted by atomic mass is 9.89. The number of ether oxygens (including phenoxy) is 5. The van der Waals surface area contributed by atoms with Crippen LogP contribution in [0.25, 0.3) is 0 Å². The topological polar surface area (TPSA) is 49.4 Å². The van der Waals surface area contributed by atoms with Crippen LogP contribution in [-0.2, 0) is 23.7 Å². The molecule has 0 amide bonds. The van der Waals surface area contributed by atoms with Gasteiger partial charge >= 0.3 is 0 Å². The highest BCUT2D eigenvalue weighted by Gasteiger charge is 2.35. The first-order valence-corrected chi connectivity index (χ1v) is 10.7. The molecule has 3 saturated heterocycles. The maximum Gasteiger partial charge on any atom is 0.163 e. The zero-order valence-corrected chi connectivity index (χ0v) is 20.0. The maximum absolute atomic E-state index is 5.55. The van der Waals surface area contributed by atoms with Crippen molar-refractivity contribution in [2.24, 2.45) is 11.3 Å². The van der Waals surface area contributed by atoms with Crippen molar-refractivity contribution in [3.63, 3.8) is 0 Å². The Kier molecular flexibility index (Phi) is 9.85. The Morgan fingerprint density at radius 2 is 1.54 bits per heavy atom. The summed E-state index contributed by atoms with van der Waals surface area (Å²) >= 11 is 0. The molecule has 6 nitrogen and oxygen atoms in total. The van der Waals surface area contributed by atoms with Gasteiger partial charge in [-0.25, -0.2) is 0 Å². The fourth-order valence-corrected chi connectivity index (χ4v) is 3.13. The molecule has 0 N–H and O–H groups in total. The molecule has 3 aliphatic rings. The molecule has 28 heavy (non-hydrogen) atoms. The highest BCUT2D eigenvalue weighted by Crippen LogP contribution is 2.31. The highest BCUT2D eigenvalue weighted by molar-refractivity contribution is 4.77. The molecule has 0 radical (unpaired) electrons. The average molecular weight is 404 g/mol. The van der Waals surface area contributed by atoms with Gasteiger partial charge in [0.05, 0.1) is 32.5 Å². The lowest BCUT2D eigenvalue weighted by Crippen LogP contribution is -2.44. The lowest BCUT2D eigenvalue weighted by molar-refractivity contribution is -0.282. The van der Waals surface area contributed by atoms with E-state index in [0.717, 1.165) is 39.4 Å². The van der Waals surface area contributed by atoms with Gasteiger partial charge in [0.2, 0.25) is 0 Å². The number of rotatable bonds is 2.